The summed E-state index contributed by atoms with van der Waals surface area (Å²) in [6, 6.07) is -1.06. The van der Waals surface area contributed by atoms with E-state index in [1.54, 1.807) is 0 Å². The normalized spacial score (nSPS) is 22.2. The highest BCUT2D eigenvalue weighted by molar-refractivity contribution is 8.00. The number of β-lactam (4-membered cyclic amide) rings is 1. The number of anilines is 1. The van der Waals surface area contributed by atoms with E-state index < -0.39 is 46.7 Å². The molecular formula is C17H20N6O8S2. The van der Waals surface area contributed by atoms with Crippen LogP contribution in [0, 0.1) is 0 Å². The van der Waals surface area contributed by atoms with Crippen LogP contribution in [0.2, 0.25) is 0 Å². The molecule has 2 amide bonds. The number of methoxy groups -OCH3 is 1. The van der Waals surface area contributed by atoms with Gasteiger partial charge in [0.25, 0.3) is 11.8 Å². The monoisotopic (exact) mass is 500 g/mol. The number of nitrogens with two attached hydrogens (primary N) is 2. The Morgan fingerprint density at radius 1 is 1.42 bits per heavy atom. The van der Waals surface area contributed by atoms with Crippen LogP contribution < -0.4 is 16.8 Å². The Morgan fingerprint density at radius 2 is 2.12 bits per heavy atom. The van der Waals surface area contributed by atoms with Crippen LogP contribution in [-0.2, 0) is 28.8 Å². The van der Waals surface area contributed by atoms with Gasteiger partial charge in [-0.1, -0.05) is 5.16 Å². The minimum Gasteiger partial charge on any atom is -0.477 e. The Balaban J connectivity index is 1.85. The van der Waals surface area contributed by atoms with Gasteiger partial charge >= 0.3 is 17.7 Å². The lowest BCUT2D eigenvalue weighted by atomic mass is 10.0. The summed E-state index contributed by atoms with van der Waals surface area (Å²) in [6.07, 6.45) is 0. The molecule has 0 radical (unpaired) electrons. The van der Waals surface area contributed by atoms with Gasteiger partial charge in [0.1, 0.15) is 22.8 Å². The van der Waals surface area contributed by atoms with E-state index in [0.29, 0.717) is 5.57 Å². The summed E-state index contributed by atoms with van der Waals surface area (Å²) in [4.78, 5) is 58.6. The molecule has 2 aliphatic rings. The molecular weight excluding hydrogens is 480 g/mol. The number of nitrogens with one attached hydrogen (secondary N) is 1. The lowest BCUT2D eigenvalue weighted by Gasteiger charge is -2.49. The SMILES string of the molecule is COC(C)(O/N=C(\C(=O)NC1C(=O)N2C(C(=O)O)=C(CN)CS[C@@H]12)c1csc(N)n1)C(=O)O. The summed E-state index contributed by atoms with van der Waals surface area (Å²) in [5, 5.41) is 25.7. The lowest BCUT2D eigenvalue weighted by Crippen LogP contribution is -2.71. The standard InChI is InChI=1S/C17H20N6O8S2/c1-17(30-2,15(28)29)31-22-8(7-5-33-16(19)20-7)11(24)21-9-12(25)23-10(14(26)27)6(3-18)4-32-13(9)23/h5,9,13H,3-4,18H2,1-2H3,(H2,19,20)(H,21,24)(H,26,27)(H,28,29)/b22-8-/t9?,13-,17?/m0/s1. The van der Waals surface area contributed by atoms with E-state index in [-0.39, 0.29) is 28.8 Å². The van der Waals surface area contributed by atoms with E-state index in [4.69, 9.17) is 21.0 Å². The number of thiazole rings is 1. The molecule has 3 rings (SSSR count). The number of amides is 2. The first-order valence-electron chi connectivity index (χ1n) is 9.21. The van der Waals surface area contributed by atoms with Gasteiger partial charge in [-0.2, -0.15) is 0 Å². The van der Waals surface area contributed by atoms with Crippen molar-refractivity contribution in [2.45, 2.75) is 24.1 Å². The zero-order valence-electron chi connectivity index (χ0n) is 17.3. The van der Waals surface area contributed by atoms with Crippen LogP contribution in [0.3, 0.4) is 0 Å². The Hall–Kier alpha value is -3.21. The van der Waals surface area contributed by atoms with Crippen molar-refractivity contribution in [1.82, 2.24) is 15.2 Å². The third-order valence-electron chi connectivity index (χ3n) is 4.85. The molecule has 1 saturated heterocycles. The minimum absolute atomic E-state index is 0.0182. The van der Waals surface area contributed by atoms with Gasteiger partial charge < -0.3 is 36.6 Å². The van der Waals surface area contributed by atoms with Gasteiger partial charge in [0.15, 0.2) is 10.8 Å². The van der Waals surface area contributed by atoms with Gasteiger partial charge in [0.05, 0.1) is 0 Å². The second-order valence-corrected chi connectivity index (χ2v) is 8.87. The van der Waals surface area contributed by atoms with Crippen LogP contribution in [-0.4, -0.2) is 86.2 Å². The van der Waals surface area contributed by atoms with Crippen molar-refractivity contribution in [3.8, 4) is 0 Å². The first-order chi connectivity index (χ1) is 15.5. The van der Waals surface area contributed by atoms with Crippen LogP contribution >= 0.6 is 23.1 Å². The molecule has 1 fully saturated rings. The second kappa shape index (κ2) is 9.34. The molecule has 0 saturated carbocycles. The van der Waals surface area contributed by atoms with Crippen molar-refractivity contribution in [3.63, 3.8) is 0 Å². The summed E-state index contributed by atoms with van der Waals surface area (Å²) >= 11 is 2.24. The molecule has 2 unspecified atom stereocenters. The van der Waals surface area contributed by atoms with Crippen LogP contribution in [0.1, 0.15) is 12.6 Å². The van der Waals surface area contributed by atoms with Crippen molar-refractivity contribution in [3.05, 3.63) is 22.3 Å². The highest BCUT2D eigenvalue weighted by Gasteiger charge is 2.54. The molecule has 14 nitrogen and oxygen atoms in total. The highest BCUT2D eigenvalue weighted by Crippen LogP contribution is 2.40. The van der Waals surface area contributed by atoms with Gasteiger partial charge in [0.2, 0.25) is 0 Å². The zero-order chi connectivity index (χ0) is 24.5. The Bertz CT molecular complexity index is 1070. The molecule has 178 valence electrons. The minimum atomic E-state index is -2.20. The molecule has 1 aromatic rings. The molecule has 0 aliphatic carbocycles. The summed E-state index contributed by atoms with van der Waals surface area (Å²) in [6.45, 7) is 1.05. The molecule has 0 bridgehead atoms. The van der Waals surface area contributed by atoms with Crippen LogP contribution in [0.25, 0.3) is 0 Å². The number of aliphatic carboxylic acids is 2. The van der Waals surface area contributed by atoms with Crippen LogP contribution in [0.5, 0.6) is 0 Å². The van der Waals surface area contributed by atoms with Gasteiger partial charge in [-0.05, 0) is 5.57 Å². The Kier molecular flexibility index (Phi) is 6.92. The Morgan fingerprint density at radius 3 is 2.64 bits per heavy atom. The lowest BCUT2D eigenvalue weighted by molar-refractivity contribution is -0.227. The molecule has 7 N–H and O–H groups in total. The summed E-state index contributed by atoms with van der Waals surface area (Å²) in [7, 11) is 1.08. The molecule has 0 aromatic carbocycles. The number of thioether (sulfide) groups is 1. The number of rotatable bonds is 9. The van der Waals surface area contributed by atoms with E-state index in [2.05, 4.69) is 15.5 Å². The quantitative estimate of drug-likeness (QED) is 0.114. The van der Waals surface area contributed by atoms with Crippen LogP contribution in [0.4, 0.5) is 5.13 Å². The van der Waals surface area contributed by atoms with Crippen molar-refractivity contribution in [2.75, 3.05) is 25.1 Å². The van der Waals surface area contributed by atoms with Crippen LogP contribution in [0.15, 0.2) is 21.8 Å². The Labute approximate surface area is 194 Å². The van der Waals surface area contributed by atoms with Crippen molar-refractivity contribution < 1.29 is 39.0 Å². The van der Waals surface area contributed by atoms with Gasteiger partial charge in [-0.15, -0.1) is 23.1 Å². The first kappa shape index (κ1) is 24.4. The van der Waals surface area contributed by atoms with Gasteiger partial charge in [-0.25, -0.2) is 14.6 Å². The molecule has 3 atom stereocenters. The second-order valence-electron chi connectivity index (χ2n) is 6.88. The number of fused-ring (bicyclic) bond motifs is 1. The summed E-state index contributed by atoms with van der Waals surface area (Å²) in [5.41, 5.74) is 11.0. The predicted octanol–water partition coefficient (Wildman–Crippen LogP) is -1.41. The molecule has 16 heteroatoms. The fourth-order valence-corrected chi connectivity index (χ4v) is 4.86. The number of nitrogens with zero attached hydrogens (tertiary/aromatic N) is 3. The number of carbonyl (C=O) groups is 4. The van der Waals surface area contributed by atoms with E-state index in [0.717, 1.165) is 30.3 Å². The topological polar surface area (TPSA) is 220 Å². The fraction of sp³-hybridized carbons (Fsp3) is 0.412. The number of aromatic nitrogens is 1. The maximum atomic E-state index is 13.0. The number of ether oxygens (including phenoxy) is 1. The molecule has 2 aliphatic heterocycles. The molecule has 1 aromatic heterocycles. The number of hydrogen-bond donors (Lipinski definition) is 5. The molecule has 33 heavy (non-hydrogen) atoms. The third kappa shape index (κ3) is 4.50. The highest BCUT2D eigenvalue weighted by atomic mass is 32.2. The van der Waals surface area contributed by atoms with Crippen molar-refractivity contribution in [2.24, 2.45) is 10.9 Å². The number of carboxylic acids is 2. The maximum absolute atomic E-state index is 13.0. The maximum Gasteiger partial charge on any atom is 0.379 e. The van der Waals surface area contributed by atoms with E-state index in [1.165, 1.54) is 17.1 Å². The average Bonchev–Trinajstić information content (AvgIpc) is 3.21. The first-order valence-corrected chi connectivity index (χ1v) is 11.1. The average molecular weight is 501 g/mol. The zero-order valence-corrected chi connectivity index (χ0v) is 18.9. The van der Waals surface area contributed by atoms with E-state index in [9.17, 15) is 29.4 Å². The predicted molar refractivity (Wildman–Crippen MR) is 116 cm³/mol. The number of nitrogen functional groups attached to an aromatic ring is 1. The fourth-order valence-electron chi connectivity index (χ4n) is 2.95. The summed E-state index contributed by atoms with van der Waals surface area (Å²) in [5.74, 6) is -6.27. The smallest absolute Gasteiger partial charge is 0.379 e. The number of carbonyl (C=O) groups excluding carboxylic acids is 2. The molecule has 0 spiro atoms. The number of carboxylic acid groups (broad SMARTS) is 2. The summed E-state index contributed by atoms with van der Waals surface area (Å²) < 4.78 is 4.79. The molecule has 3 heterocycles. The van der Waals surface area contributed by atoms with Gasteiger partial charge in [0, 0.05) is 31.7 Å². The van der Waals surface area contributed by atoms with E-state index >= 15 is 0 Å². The number of hydrogen-bond acceptors (Lipinski definition) is 12. The number of oxime groups is 1. The largest absolute Gasteiger partial charge is 0.477 e. The van der Waals surface area contributed by atoms with Crippen molar-refractivity contribution >= 4 is 57.7 Å². The van der Waals surface area contributed by atoms with Gasteiger partial charge in [-0.3, -0.25) is 14.5 Å². The van der Waals surface area contributed by atoms with E-state index in [1.807, 2.05) is 0 Å². The van der Waals surface area contributed by atoms with Crippen molar-refractivity contribution in [1.29, 1.82) is 0 Å². The third-order valence-corrected chi connectivity index (χ3v) is 6.87.